The van der Waals surface area contributed by atoms with E-state index in [-0.39, 0.29) is 5.56 Å². The summed E-state index contributed by atoms with van der Waals surface area (Å²) in [6.07, 6.45) is -0.736. The number of hydrogen-bond acceptors (Lipinski definition) is 4. The molecular formula is C22H22ClNO5. The SMILES string of the molecule is COC(=O)[C@@H](C)Oc1ccc(Cl)c(Cn2c(C)c(C)c3cc(C(=O)O)ccc32)c1. The molecule has 0 saturated heterocycles. The van der Waals surface area contributed by atoms with E-state index in [2.05, 4.69) is 4.57 Å². The van der Waals surface area contributed by atoms with Crippen molar-refractivity contribution in [1.82, 2.24) is 4.57 Å². The smallest absolute Gasteiger partial charge is 0.346 e. The van der Waals surface area contributed by atoms with Crippen molar-refractivity contribution in [3.8, 4) is 5.75 Å². The summed E-state index contributed by atoms with van der Waals surface area (Å²) in [4.78, 5) is 22.9. The van der Waals surface area contributed by atoms with Crippen molar-refractivity contribution in [2.45, 2.75) is 33.4 Å². The maximum absolute atomic E-state index is 11.6. The molecule has 0 bridgehead atoms. The summed E-state index contributed by atoms with van der Waals surface area (Å²) in [7, 11) is 1.31. The van der Waals surface area contributed by atoms with Crippen LogP contribution < -0.4 is 4.74 Å². The highest BCUT2D eigenvalue weighted by Crippen LogP contribution is 2.30. The number of halogens is 1. The van der Waals surface area contributed by atoms with Crippen LogP contribution in [0.25, 0.3) is 10.9 Å². The number of aromatic carboxylic acids is 1. The number of nitrogens with zero attached hydrogens (tertiary/aromatic N) is 1. The molecule has 0 unspecified atom stereocenters. The first kappa shape index (κ1) is 20.7. The van der Waals surface area contributed by atoms with E-state index in [1.54, 1.807) is 37.3 Å². The molecule has 1 aromatic heterocycles. The molecule has 0 aliphatic rings. The topological polar surface area (TPSA) is 77.8 Å². The minimum atomic E-state index is -0.954. The van der Waals surface area contributed by atoms with Gasteiger partial charge in [0.15, 0.2) is 6.10 Å². The van der Waals surface area contributed by atoms with Crippen LogP contribution in [-0.2, 0) is 16.1 Å². The summed E-state index contributed by atoms with van der Waals surface area (Å²) in [5.41, 5.74) is 4.04. The van der Waals surface area contributed by atoms with Crippen molar-refractivity contribution in [1.29, 1.82) is 0 Å². The number of fused-ring (bicyclic) bond motifs is 1. The van der Waals surface area contributed by atoms with E-state index in [0.29, 0.717) is 17.3 Å². The van der Waals surface area contributed by atoms with Gasteiger partial charge in [0, 0.05) is 28.2 Å². The minimum absolute atomic E-state index is 0.253. The normalized spacial score (nSPS) is 12.0. The number of esters is 1. The van der Waals surface area contributed by atoms with Crippen LogP contribution in [0.15, 0.2) is 36.4 Å². The maximum atomic E-state index is 11.6. The van der Waals surface area contributed by atoms with E-state index >= 15 is 0 Å². The summed E-state index contributed by atoms with van der Waals surface area (Å²) >= 11 is 6.41. The number of carboxylic acids is 1. The van der Waals surface area contributed by atoms with Crippen molar-refractivity contribution in [3.63, 3.8) is 0 Å². The fourth-order valence-electron chi connectivity index (χ4n) is 3.32. The number of aryl methyl sites for hydroxylation is 1. The zero-order chi connectivity index (χ0) is 21.3. The maximum Gasteiger partial charge on any atom is 0.346 e. The van der Waals surface area contributed by atoms with E-state index < -0.39 is 18.0 Å². The second-order valence-electron chi connectivity index (χ2n) is 6.87. The van der Waals surface area contributed by atoms with Crippen LogP contribution in [0.2, 0.25) is 5.02 Å². The highest BCUT2D eigenvalue weighted by Gasteiger charge is 2.17. The first-order valence-corrected chi connectivity index (χ1v) is 9.46. The van der Waals surface area contributed by atoms with Crippen LogP contribution in [0.3, 0.4) is 0 Å². The first-order valence-electron chi connectivity index (χ1n) is 9.08. The molecule has 1 atom stereocenters. The van der Waals surface area contributed by atoms with Crippen molar-refractivity contribution >= 4 is 34.4 Å². The fourth-order valence-corrected chi connectivity index (χ4v) is 3.50. The highest BCUT2D eigenvalue weighted by atomic mass is 35.5. The standard InChI is InChI=1S/C22H22ClNO5/c1-12-13(2)24(20-8-5-15(21(25)26)10-18(12)20)11-16-9-17(6-7-19(16)23)29-14(3)22(27)28-4/h5-10,14H,11H2,1-4H3,(H,25,26)/t14-/m1/s1. The highest BCUT2D eigenvalue weighted by molar-refractivity contribution is 6.31. The molecular weight excluding hydrogens is 394 g/mol. The molecule has 0 radical (unpaired) electrons. The lowest BCUT2D eigenvalue weighted by atomic mass is 10.1. The van der Waals surface area contributed by atoms with Gasteiger partial charge in [0.25, 0.3) is 0 Å². The van der Waals surface area contributed by atoms with Crippen molar-refractivity contribution in [2.75, 3.05) is 7.11 Å². The van der Waals surface area contributed by atoms with Crippen LogP contribution in [0.4, 0.5) is 0 Å². The second-order valence-corrected chi connectivity index (χ2v) is 7.28. The van der Waals surface area contributed by atoms with E-state index in [9.17, 15) is 14.7 Å². The summed E-state index contributed by atoms with van der Waals surface area (Å²) in [6.45, 7) is 6.06. The Morgan fingerprint density at radius 3 is 2.55 bits per heavy atom. The van der Waals surface area contributed by atoms with E-state index in [1.807, 2.05) is 19.9 Å². The first-order chi connectivity index (χ1) is 13.7. The Kier molecular flexibility index (Phi) is 5.84. The Balaban J connectivity index is 1.98. The lowest BCUT2D eigenvalue weighted by molar-refractivity contribution is -0.147. The molecule has 1 N–H and O–H groups in total. The summed E-state index contributed by atoms with van der Waals surface area (Å²) in [6, 6.07) is 10.3. The van der Waals surface area contributed by atoms with Gasteiger partial charge in [0.2, 0.25) is 0 Å². The Hall–Kier alpha value is -2.99. The zero-order valence-corrected chi connectivity index (χ0v) is 17.4. The quantitative estimate of drug-likeness (QED) is 0.595. The van der Waals surface area contributed by atoms with Crippen LogP contribution in [0.1, 0.15) is 34.1 Å². The Morgan fingerprint density at radius 2 is 1.90 bits per heavy atom. The average molecular weight is 416 g/mol. The molecule has 152 valence electrons. The number of benzene rings is 2. The molecule has 0 aliphatic carbocycles. The van der Waals surface area contributed by atoms with Crippen LogP contribution in [-0.4, -0.2) is 34.8 Å². The molecule has 1 heterocycles. The molecule has 0 amide bonds. The molecule has 2 aromatic carbocycles. The summed E-state index contributed by atoms with van der Waals surface area (Å²) < 4.78 is 12.4. The Morgan fingerprint density at radius 1 is 1.17 bits per heavy atom. The third kappa shape index (κ3) is 4.07. The van der Waals surface area contributed by atoms with Gasteiger partial charge < -0.3 is 19.1 Å². The number of rotatable bonds is 6. The number of carbonyl (C=O) groups is 2. The molecule has 6 nitrogen and oxygen atoms in total. The van der Waals surface area contributed by atoms with Crippen molar-refractivity contribution in [2.24, 2.45) is 0 Å². The monoisotopic (exact) mass is 415 g/mol. The van der Waals surface area contributed by atoms with Gasteiger partial charge in [-0.1, -0.05) is 11.6 Å². The van der Waals surface area contributed by atoms with Crippen molar-refractivity contribution in [3.05, 3.63) is 63.8 Å². The molecule has 7 heteroatoms. The average Bonchev–Trinajstić information content (AvgIpc) is 2.94. The predicted molar refractivity (Wildman–Crippen MR) is 111 cm³/mol. The van der Waals surface area contributed by atoms with E-state index in [1.165, 1.54) is 7.11 Å². The number of carbonyl (C=O) groups excluding carboxylic acids is 1. The van der Waals surface area contributed by atoms with Gasteiger partial charge in [-0.3, -0.25) is 0 Å². The molecule has 3 aromatic rings. The van der Waals surface area contributed by atoms with Gasteiger partial charge in [-0.2, -0.15) is 0 Å². The van der Waals surface area contributed by atoms with Crippen LogP contribution in [0, 0.1) is 13.8 Å². The van der Waals surface area contributed by atoms with Crippen molar-refractivity contribution < 1.29 is 24.2 Å². The third-order valence-electron chi connectivity index (χ3n) is 5.08. The third-order valence-corrected chi connectivity index (χ3v) is 5.45. The van der Waals surface area contributed by atoms with E-state index in [4.69, 9.17) is 21.1 Å². The van der Waals surface area contributed by atoms with Crippen LogP contribution in [0.5, 0.6) is 5.75 Å². The summed E-state index contributed by atoms with van der Waals surface area (Å²) in [5, 5.41) is 10.7. The molecule has 3 rings (SSSR count). The Bertz CT molecular complexity index is 1100. The molecule has 0 spiro atoms. The number of aromatic nitrogens is 1. The predicted octanol–water partition coefficient (Wildman–Crippen LogP) is 4.60. The summed E-state index contributed by atoms with van der Waals surface area (Å²) in [5.74, 6) is -0.899. The van der Waals surface area contributed by atoms with Crippen LogP contribution >= 0.6 is 11.6 Å². The number of hydrogen-bond donors (Lipinski definition) is 1. The minimum Gasteiger partial charge on any atom is -0.479 e. The van der Waals surface area contributed by atoms with E-state index in [0.717, 1.165) is 27.7 Å². The molecule has 29 heavy (non-hydrogen) atoms. The van der Waals surface area contributed by atoms with Gasteiger partial charge in [-0.25, -0.2) is 9.59 Å². The Labute approximate surface area is 173 Å². The fraction of sp³-hybridized carbons (Fsp3) is 0.273. The van der Waals surface area contributed by atoms with Gasteiger partial charge in [-0.15, -0.1) is 0 Å². The lowest BCUT2D eigenvalue weighted by Crippen LogP contribution is -2.24. The molecule has 0 aliphatic heterocycles. The van der Waals surface area contributed by atoms with Gasteiger partial charge in [0.05, 0.1) is 12.7 Å². The second kappa shape index (κ2) is 8.17. The number of carboxylic acid groups (broad SMARTS) is 1. The lowest BCUT2D eigenvalue weighted by Gasteiger charge is -2.15. The molecule has 0 saturated carbocycles. The van der Waals surface area contributed by atoms with Gasteiger partial charge in [-0.05, 0) is 68.3 Å². The van der Waals surface area contributed by atoms with Gasteiger partial charge >= 0.3 is 11.9 Å². The number of methoxy groups -OCH3 is 1. The number of ether oxygens (including phenoxy) is 2. The largest absolute Gasteiger partial charge is 0.479 e. The van der Waals surface area contributed by atoms with Gasteiger partial charge in [0.1, 0.15) is 5.75 Å². The molecule has 0 fully saturated rings. The zero-order valence-electron chi connectivity index (χ0n) is 16.7.